The molecule has 0 amide bonds. The molecule has 0 aliphatic heterocycles. The minimum atomic E-state index is -2.69. The molecule has 2 rings (SSSR count). The van der Waals surface area contributed by atoms with Gasteiger partial charge in [-0.3, -0.25) is 0 Å². The molecule has 0 aromatic carbocycles. The SMILES string of the molecule is O=C(O)/C=C/c1nnc(C2CCCC(F)(F)C2)o1. The second kappa shape index (κ2) is 4.83. The Labute approximate surface area is 102 Å². The first-order valence-electron chi connectivity index (χ1n) is 5.58. The highest BCUT2D eigenvalue weighted by Crippen LogP contribution is 2.41. The largest absolute Gasteiger partial charge is 0.478 e. The van der Waals surface area contributed by atoms with Gasteiger partial charge in [0.2, 0.25) is 17.7 Å². The maximum atomic E-state index is 13.2. The molecule has 18 heavy (non-hydrogen) atoms. The van der Waals surface area contributed by atoms with Gasteiger partial charge in [-0.1, -0.05) is 0 Å². The van der Waals surface area contributed by atoms with Crippen molar-refractivity contribution in [1.82, 2.24) is 10.2 Å². The van der Waals surface area contributed by atoms with Crippen LogP contribution < -0.4 is 0 Å². The third kappa shape index (κ3) is 3.12. The molecule has 5 nitrogen and oxygen atoms in total. The Morgan fingerprint density at radius 1 is 1.50 bits per heavy atom. The molecule has 0 radical (unpaired) electrons. The first kappa shape index (κ1) is 12.7. The van der Waals surface area contributed by atoms with Crippen LogP contribution in [0.3, 0.4) is 0 Å². The highest BCUT2D eigenvalue weighted by molar-refractivity contribution is 5.84. The van der Waals surface area contributed by atoms with Gasteiger partial charge < -0.3 is 9.52 Å². The van der Waals surface area contributed by atoms with Gasteiger partial charge in [-0.25, -0.2) is 13.6 Å². The maximum absolute atomic E-state index is 13.2. The minimum absolute atomic E-state index is 0.0151. The van der Waals surface area contributed by atoms with E-state index >= 15 is 0 Å². The Balaban J connectivity index is 2.08. The molecule has 0 spiro atoms. The Morgan fingerprint density at radius 3 is 2.94 bits per heavy atom. The summed E-state index contributed by atoms with van der Waals surface area (Å²) in [4.78, 5) is 10.3. The van der Waals surface area contributed by atoms with E-state index in [4.69, 9.17) is 9.52 Å². The standard InChI is InChI=1S/C11H12F2N2O3/c12-11(13)5-1-2-7(6-11)10-15-14-8(18-10)3-4-9(16)17/h3-4,7H,1-2,5-6H2,(H,16,17)/b4-3+. The van der Waals surface area contributed by atoms with E-state index < -0.39 is 17.8 Å². The molecule has 1 aromatic rings. The molecule has 1 fully saturated rings. The van der Waals surface area contributed by atoms with Crippen LogP contribution in [0.5, 0.6) is 0 Å². The fourth-order valence-corrected chi connectivity index (χ4v) is 2.00. The lowest BCUT2D eigenvalue weighted by Gasteiger charge is -2.26. The van der Waals surface area contributed by atoms with Crippen molar-refractivity contribution < 1.29 is 23.1 Å². The van der Waals surface area contributed by atoms with E-state index in [9.17, 15) is 13.6 Å². The second-order valence-electron chi connectivity index (χ2n) is 4.30. The summed E-state index contributed by atoms with van der Waals surface area (Å²) in [6.07, 6.45) is 2.59. The quantitative estimate of drug-likeness (QED) is 0.843. The number of halogens is 2. The van der Waals surface area contributed by atoms with Gasteiger partial charge in [0.1, 0.15) is 0 Å². The van der Waals surface area contributed by atoms with Crippen LogP contribution in [0.15, 0.2) is 10.5 Å². The summed E-state index contributed by atoms with van der Waals surface area (Å²) in [5.41, 5.74) is 0. The lowest BCUT2D eigenvalue weighted by Crippen LogP contribution is -2.25. The number of carboxylic acid groups (broad SMARTS) is 1. The fourth-order valence-electron chi connectivity index (χ4n) is 2.00. The van der Waals surface area contributed by atoms with Crippen molar-refractivity contribution in [2.24, 2.45) is 0 Å². The van der Waals surface area contributed by atoms with Crippen molar-refractivity contribution in [2.45, 2.75) is 37.5 Å². The van der Waals surface area contributed by atoms with Gasteiger partial charge in [0, 0.05) is 30.9 Å². The van der Waals surface area contributed by atoms with E-state index in [0.717, 1.165) is 12.2 Å². The Hall–Kier alpha value is -1.79. The van der Waals surface area contributed by atoms with Gasteiger partial charge in [0.25, 0.3) is 0 Å². The number of nitrogens with zero attached hydrogens (tertiary/aromatic N) is 2. The van der Waals surface area contributed by atoms with Crippen LogP contribution in [0.1, 0.15) is 43.4 Å². The number of aliphatic carboxylic acids is 1. The van der Waals surface area contributed by atoms with Crippen LogP contribution in [-0.2, 0) is 4.79 Å². The summed E-state index contributed by atoms with van der Waals surface area (Å²) in [5, 5.41) is 15.7. The molecule has 1 aliphatic rings. The predicted molar refractivity (Wildman–Crippen MR) is 57.1 cm³/mol. The molecule has 0 bridgehead atoms. The summed E-state index contributed by atoms with van der Waals surface area (Å²) < 4.78 is 31.6. The molecular formula is C11H12F2N2O3. The molecule has 1 saturated carbocycles. The fraction of sp³-hybridized carbons (Fsp3) is 0.545. The van der Waals surface area contributed by atoms with Gasteiger partial charge in [-0.15, -0.1) is 10.2 Å². The molecule has 98 valence electrons. The Morgan fingerprint density at radius 2 is 2.28 bits per heavy atom. The van der Waals surface area contributed by atoms with Crippen LogP contribution in [0, 0.1) is 0 Å². The van der Waals surface area contributed by atoms with Crippen molar-refractivity contribution in [3.63, 3.8) is 0 Å². The highest BCUT2D eigenvalue weighted by Gasteiger charge is 2.38. The lowest BCUT2D eigenvalue weighted by molar-refractivity contribution is -0.131. The van der Waals surface area contributed by atoms with E-state index in [-0.39, 0.29) is 24.6 Å². The second-order valence-corrected chi connectivity index (χ2v) is 4.30. The van der Waals surface area contributed by atoms with Crippen LogP contribution >= 0.6 is 0 Å². The smallest absolute Gasteiger partial charge is 0.328 e. The molecule has 1 heterocycles. The van der Waals surface area contributed by atoms with Gasteiger partial charge in [-0.2, -0.15) is 0 Å². The molecule has 1 atom stereocenters. The summed E-state index contributed by atoms with van der Waals surface area (Å²) in [7, 11) is 0. The van der Waals surface area contributed by atoms with Crippen molar-refractivity contribution in [3.05, 3.63) is 17.9 Å². The van der Waals surface area contributed by atoms with Crippen LogP contribution in [0.25, 0.3) is 6.08 Å². The Bertz CT molecular complexity index is 471. The summed E-state index contributed by atoms with van der Waals surface area (Å²) >= 11 is 0. The Kier molecular flexibility index (Phi) is 3.40. The zero-order valence-corrected chi connectivity index (χ0v) is 9.47. The van der Waals surface area contributed by atoms with E-state index in [1.54, 1.807) is 0 Å². The van der Waals surface area contributed by atoms with Crippen LogP contribution in [0.4, 0.5) is 8.78 Å². The van der Waals surface area contributed by atoms with Crippen molar-refractivity contribution >= 4 is 12.0 Å². The molecule has 1 unspecified atom stereocenters. The number of alkyl halides is 2. The van der Waals surface area contributed by atoms with Crippen molar-refractivity contribution in [2.75, 3.05) is 0 Å². The molecule has 1 N–H and O–H groups in total. The first-order valence-corrected chi connectivity index (χ1v) is 5.58. The van der Waals surface area contributed by atoms with E-state index in [0.29, 0.717) is 12.8 Å². The minimum Gasteiger partial charge on any atom is -0.478 e. The lowest BCUT2D eigenvalue weighted by atomic mass is 9.86. The molecule has 7 heteroatoms. The van der Waals surface area contributed by atoms with E-state index in [2.05, 4.69) is 10.2 Å². The van der Waals surface area contributed by atoms with E-state index in [1.807, 2.05) is 0 Å². The molecule has 1 aromatic heterocycles. The van der Waals surface area contributed by atoms with Gasteiger partial charge in [-0.05, 0) is 12.8 Å². The normalized spacial score (nSPS) is 23.3. The van der Waals surface area contributed by atoms with Crippen LogP contribution in [0.2, 0.25) is 0 Å². The molecular weight excluding hydrogens is 246 g/mol. The van der Waals surface area contributed by atoms with E-state index in [1.165, 1.54) is 0 Å². The first-order chi connectivity index (χ1) is 8.46. The number of rotatable bonds is 3. The summed E-state index contributed by atoms with van der Waals surface area (Å²) in [6, 6.07) is 0. The summed E-state index contributed by atoms with van der Waals surface area (Å²) in [6.45, 7) is 0. The average molecular weight is 258 g/mol. The number of hydrogen-bond acceptors (Lipinski definition) is 4. The van der Waals surface area contributed by atoms with Gasteiger partial charge >= 0.3 is 5.97 Å². The predicted octanol–water partition coefficient (Wildman–Crippen LogP) is 2.46. The number of carboxylic acids is 1. The summed E-state index contributed by atoms with van der Waals surface area (Å²) in [5.74, 6) is -4.11. The maximum Gasteiger partial charge on any atom is 0.328 e. The molecule has 0 saturated heterocycles. The average Bonchev–Trinajstić information content (AvgIpc) is 2.73. The van der Waals surface area contributed by atoms with Crippen LogP contribution in [-0.4, -0.2) is 27.2 Å². The zero-order chi connectivity index (χ0) is 13.2. The third-order valence-electron chi connectivity index (χ3n) is 2.81. The third-order valence-corrected chi connectivity index (χ3v) is 2.81. The van der Waals surface area contributed by atoms with Crippen molar-refractivity contribution in [3.8, 4) is 0 Å². The highest BCUT2D eigenvalue weighted by atomic mass is 19.3. The molecule has 1 aliphatic carbocycles. The number of hydrogen-bond donors (Lipinski definition) is 1. The van der Waals surface area contributed by atoms with Gasteiger partial charge in [0.15, 0.2) is 0 Å². The van der Waals surface area contributed by atoms with Crippen molar-refractivity contribution in [1.29, 1.82) is 0 Å². The monoisotopic (exact) mass is 258 g/mol. The number of aromatic nitrogens is 2. The zero-order valence-electron chi connectivity index (χ0n) is 9.47. The number of carbonyl (C=O) groups is 1. The topological polar surface area (TPSA) is 76.2 Å². The van der Waals surface area contributed by atoms with Gasteiger partial charge in [0.05, 0.1) is 0 Å².